The normalized spacial score (nSPS) is 16.1. The predicted molar refractivity (Wildman–Crippen MR) is 138 cm³/mol. The van der Waals surface area contributed by atoms with Crippen LogP contribution in [0.15, 0.2) is 75.9 Å². The SMILES string of the molecule is CC1(C)OCC(C#Cc2ccc3c(=O)c4ccc(OCc5ccccc5)cc4oc3c2)(NC(=O)O)CO1. The lowest BCUT2D eigenvalue weighted by atomic mass is 10.00. The van der Waals surface area contributed by atoms with Crippen LogP contribution in [-0.2, 0) is 16.1 Å². The van der Waals surface area contributed by atoms with Crippen molar-refractivity contribution in [2.24, 2.45) is 0 Å². The fourth-order valence-electron chi connectivity index (χ4n) is 3.99. The van der Waals surface area contributed by atoms with Gasteiger partial charge in [-0.15, -0.1) is 0 Å². The van der Waals surface area contributed by atoms with E-state index in [0.717, 1.165) is 5.56 Å². The van der Waals surface area contributed by atoms with Gasteiger partial charge in [0.2, 0.25) is 5.43 Å². The number of rotatable bonds is 4. The van der Waals surface area contributed by atoms with Crippen LogP contribution in [0.5, 0.6) is 5.75 Å². The first-order valence-electron chi connectivity index (χ1n) is 11.7. The monoisotopic (exact) mass is 499 g/mol. The average Bonchev–Trinajstić information content (AvgIpc) is 2.88. The molecule has 4 aromatic rings. The van der Waals surface area contributed by atoms with Gasteiger partial charge in [-0.3, -0.25) is 4.79 Å². The molecule has 1 saturated heterocycles. The maximum atomic E-state index is 13.1. The second-order valence-electron chi connectivity index (χ2n) is 9.31. The zero-order valence-corrected chi connectivity index (χ0v) is 20.4. The maximum absolute atomic E-state index is 13.1. The zero-order valence-electron chi connectivity index (χ0n) is 20.4. The average molecular weight is 500 g/mol. The van der Waals surface area contributed by atoms with Crippen LogP contribution in [0, 0.1) is 11.8 Å². The van der Waals surface area contributed by atoms with Crippen LogP contribution in [0.25, 0.3) is 21.9 Å². The number of benzene rings is 3. The van der Waals surface area contributed by atoms with Crippen LogP contribution in [0.2, 0.25) is 0 Å². The molecule has 1 fully saturated rings. The highest BCUT2D eigenvalue weighted by Crippen LogP contribution is 2.25. The highest BCUT2D eigenvalue weighted by molar-refractivity contribution is 5.90. The summed E-state index contributed by atoms with van der Waals surface area (Å²) in [7, 11) is 0. The van der Waals surface area contributed by atoms with Crippen LogP contribution in [0.4, 0.5) is 4.79 Å². The van der Waals surface area contributed by atoms with Crippen LogP contribution in [0.3, 0.4) is 0 Å². The molecule has 2 heterocycles. The molecule has 37 heavy (non-hydrogen) atoms. The largest absolute Gasteiger partial charge is 0.489 e. The molecule has 1 aliphatic heterocycles. The molecule has 8 nitrogen and oxygen atoms in total. The van der Waals surface area contributed by atoms with Gasteiger partial charge in [0.15, 0.2) is 11.3 Å². The van der Waals surface area contributed by atoms with E-state index in [1.54, 1.807) is 50.2 Å². The molecule has 8 heteroatoms. The van der Waals surface area contributed by atoms with Crippen molar-refractivity contribution < 1.29 is 28.5 Å². The number of hydrogen-bond acceptors (Lipinski definition) is 6. The molecule has 0 atom stereocenters. The number of ether oxygens (including phenoxy) is 3. The summed E-state index contributed by atoms with van der Waals surface area (Å²) in [6, 6.07) is 19.9. The van der Waals surface area contributed by atoms with Gasteiger partial charge < -0.3 is 29.1 Å². The summed E-state index contributed by atoms with van der Waals surface area (Å²) in [5.74, 6) is 5.67. The van der Waals surface area contributed by atoms with Gasteiger partial charge in [0, 0.05) is 11.6 Å². The van der Waals surface area contributed by atoms with Crippen molar-refractivity contribution >= 4 is 28.0 Å². The first kappa shape index (κ1) is 24.4. The van der Waals surface area contributed by atoms with Gasteiger partial charge in [-0.1, -0.05) is 42.2 Å². The summed E-state index contributed by atoms with van der Waals surface area (Å²) in [4.78, 5) is 24.5. The van der Waals surface area contributed by atoms with Gasteiger partial charge in [0.25, 0.3) is 0 Å². The van der Waals surface area contributed by atoms with E-state index in [1.807, 2.05) is 30.3 Å². The van der Waals surface area contributed by atoms with Gasteiger partial charge in [-0.25, -0.2) is 4.79 Å². The predicted octanol–water partition coefficient (Wildman–Crippen LogP) is 4.67. The van der Waals surface area contributed by atoms with E-state index < -0.39 is 17.4 Å². The number of amides is 1. The Hall–Kier alpha value is -4.32. The van der Waals surface area contributed by atoms with Crippen LogP contribution >= 0.6 is 0 Å². The standard InChI is InChI=1S/C29H25NO7/c1-28(2)35-17-29(18-36-28,30-27(32)33)13-12-19-8-10-22-24(14-19)37-25-15-21(9-11-23(25)26(22)31)34-16-20-6-4-3-5-7-20/h3-11,14-15,30H,16-18H2,1-2H3,(H,32,33). The van der Waals surface area contributed by atoms with Crippen LogP contribution < -0.4 is 15.5 Å². The van der Waals surface area contributed by atoms with Crippen molar-refractivity contribution in [1.29, 1.82) is 0 Å². The number of carbonyl (C=O) groups is 1. The third kappa shape index (κ3) is 5.43. The molecule has 3 aromatic carbocycles. The van der Waals surface area contributed by atoms with Crippen molar-refractivity contribution in [3.8, 4) is 17.6 Å². The quantitative estimate of drug-likeness (QED) is 0.310. The molecule has 1 aromatic heterocycles. The molecule has 0 saturated carbocycles. The fourth-order valence-corrected chi connectivity index (χ4v) is 3.99. The van der Waals surface area contributed by atoms with E-state index in [2.05, 4.69) is 17.2 Å². The van der Waals surface area contributed by atoms with E-state index in [-0.39, 0.29) is 18.6 Å². The third-order valence-corrected chi connectivity index (χ3v) is 6.02. The molecule has 0 bridgehead atoms. The molecule has 2 N–H and O–H groups in total. The van der Waals surface area contributed by atoms with E-state index in [9.17, 15) is 14.7 Å². The molecule has 0 unspecified atom stereocenters. The Morgan fingerprint density at radius 3 is 2.38 bits per heavy atom. The molecule has 1 aliphatic rings. The van der Waals surface area contributed by atoms with E-state index in [0.29, 0.717) is 39.9 Å². The Morgan fingerprint density at radius 2 is 1.68 bits per heavy atom. The summed E-state index contributed by atoms with van der Waals surface area (Å²) in [5.41, 5.74) is 0.938. The number of fused-ring (bicyclic) bond motifs is 2. The van der Waals surface area contributed by atoms with E-state index >= 15 is 0 Å². The van der Waals surface area contributed by atoms with Crippen molar-refractivity contribution in [2.75, 3.05) is 13.2 Å². The second kappa shape index (κ2) is 9.62. The summed E-state index contributed by atoms with van der Waals surface area (Å²) in [6.07, 6.45) is -1.23. The first-order chi connectivity index (χ1) is 17.7. The van der Waals surface area contributed by atoms with E-state index in [4.69, 9.17) is 18.6 Å². The highest BCUT2D eigenvalue weighted by Gasteiger charge is 2.40. The lowest BCUT2D eigenvalue weighted by Crippen LogP contribution is -2.60. The molecule has 0 aliphatic carbocycles. The molecule has 188 valence electrons. The molecule has 0 radical (unpaired) electrons. The first-order valence-corrected chi connectivity index (χ1v) is 11.7. The Labute approximate surface area is 212 Å². The van der Waals surface area contributed by atoms with Crippen molar-refractivity contribution in [3.63, 3.8) is 0 Å². The lowest BCUT2D eigenvalue weighted by molar-refractivity contribution is -0.262. The molecule has 1 amide bonds. The summed E-state index contributed by atoms with van der Waals surface area (Å²) >= 11 is 0. The van der Waals surface area contributed by atoms with Crippen LogP contribution in [0.1, 0.15) is 25.0 Å². The summed E-state index contributed by atoms with van der Waals surface area (Å²) in [5, 5.41) is 12.6. The second-order valence-corrected chi connectivity index (χ2v) is 9.31. The fraction of sp³-hybridized carbons (Fsp3) is 0.241. The number of hydrogen-bond donors (Lipinski definition) is 2. The number of carboxylic acid groups (broad SMARTS) is 1. The lowest BCUT2D eigenvalue weighted by Gasteiger charge is -2.40. The highest BCUT2D eigenvalue weighted by atomic mass is 16.7. The zero-order chi connectivity index (χ0) is 26.0. The molecule has 0 spiro atoms. The minimum Gasteiger partial charge on any atom is -0.489 e. The minimum absolute atomic E-state index is 0.0262. The van der Waals surface area contributed by atoms with Gasteiger partial charge in [0.1, 0.15) is 23.5 Å². The van der Waals surface area contributed by atoms with Crippen molar-refractivity contribution in [3.05, 3.63) is 88.1 Å². The summed E-state index contributed by atoms with van der Waals surface area (Å²) in [6.45, 7) is 3.94. The smallest absolute Gasteiger partial charge is 0.406 e. The molecule has 5 rings (SSSR count). The van der Waals surface area contributed by atoms with Crippen molar-refractivity contribution in [1.82, 2.24) is 5.32 Å². The molecular formula is C29H25NO7. The van der Waals surface area contributed by atoms with Crippen molar-refractivity contribution in [2.45, 2.75) is 31.8 Å². The Balaban J connectivity index is 1.46. The minimum atomic E-state index is -1.23. The number of nitrogens with one attached hydrogen (secondary N) is 1. The third-order valence-electron chi connectivity index (χ3n) is 6.02. The molecular weight excluding hydrogens is 474 g/mol. The Morgan fingerprint density at radius 1 is 1.00 bits per heavy atom. The summed E-state index contributed by atoms with van der Waals surface area (Å²) < 4.78 is 23.2. The van der Waals surface area contributed by atoms with Crippen LogP contribution in [-0.4, -0.2) is 35.7 Å². The Kier molecular flexibility index (Phi) is 6.34. The Bertz CT molecular complexity index is 1590. The topological polar surface area (TPSA) is 107 Å². The van der Waals surface area contributed by atoms with Gasteiger partial charge in [-0.2, -0.15) is 0 Å². The maximum Gasteiger partial charge on any atom is 0.406 e. The van der Waals surface area contributed by atoms with Gasteiger partial charge >= 0.3 is 6.09 Å². The van der Waals surface area contributed by atoms with Gasteiger partial charge in [-0.05, 0) is 49.7 Å². The van der Waals surface area contributed by atoms with E-state index in [1.165, 1.54) is 0 Å². The van der Waals surface area contributed by atoms with Gasteiger partial charge in [0.05, 0.1) is 24.0 Å².